The highest BCUT2D eigenvalue weighted by Gasteiger charge is 2.35. The number of nitrogens with one attached hydrogen (secondary N) is 1. The van der Waals surface area contributed by atoms with E-state index in [9.17, 15) is 9.59 Å². The number of H-pyrrole nitrogens is 1. The lowest BCUT2D eigenvalue weighted by Gasteiger charge is -2.26. The minimum Gasteiger partial charge on any atom is -0.267 e. The highest BCUT2D eigenvalue weighted by Crippen LogP contribution is 2.28. The van der Waals surface area contributed by atoms with Crippen molar-refractivity contribution >= 4 is 22.8 Å². The number of hydrogen-bond donors (Lipinski definition) is 1. The summed E-state index contributed by atoms with van der Waals surface area (Å²) in [6.07, 6.45) is 1.74. The van der Waals surface area contributed by atoms with Gasteiger partial charge < -0.3 is 0 Å². The molecule has 7 heteroatoms. The monoisotopic (exact) mass is 382 g/mol. The van der Waals surface area contributed by atoms with Gasteiger partial charge in [-0.25, -0.2) is 19.2 Å². The van der Waals surface area contributed by atoms with Gasteiger partial charge in [0, 0.05) is 19.5 Å². The molecule has 0 amide bonds. The summed E-state index contributed by atoms with van der Waals surface area (Å²) in [5, 5.41) is 0. The van der Waals surface area contributed by atoms with Gasteiger partial charge in [0.25, 0.3) is 5.56 Å². The molecular formula is C21H28N5O2+. The molecule has 3 heterocycles. The van der Waals surface area contributed by atoms with Crippen LogP contribution in [0.3, 0.4) is 0 Å². The molecule has 0 spiro atoms. The summed E-state index contributed by atoms with van der Waals surface area (Å²) in [5.74, 6) is 1.23. The Labute approximate surface area is 163 Å². The number of fused-ring (bicyclic) bond motifs is 3. The number of aryl methyl sites for hydroxylation is 2. The molecule has 28 heavy (non-hydrogen) atoms. The first kappa shape index (κ1) is 18.5. The van der Waals surface area contributed by atoms with Crippen LogP contribution in [0.2, 0.25) is 0 Å². The molecule has 1 atom stereocenters. The summed E-state index contributed by atoms with van der Waals surface area (Å²) in [5.41, 5.74) is 2.98. The normalized spacial score (nSPS) is 16.6. The van der Waals surface area contributed by atoms with Gasteiger partial charge in [-0.2, -0.15) is 0 Å². The number of rotatable bonds is 4. The van der Waals surface area contributed by atoms with Crippen LogP contribution in [0.4, 0.5) is 11.6 Å². The summed E-state index contributed by atoms with van der Waals surface area (Å²) in [4.78, 5) is 31.6. The van der Waals surface area contributed by atoms with Gasteiger partial charge in [-0.1, -0.05) is 32.4 Å². The Morgan fingerprint density at radius 2 is 2.07 bits per heavy atom. The van der Waals surface area contributed by atoms with Crippen molar-refractivity contribution in [2.24, 2.45) is 13.0 Å². The number of imidazole rings is 1. The first-order chi connectivity index (χ1) is 13.4. The van der Waals surface area contributed by atoms with Crippen LogP contribution in [0.5, 0.6) is 0 Å². The number of nitrogens with zero attached hydrogens (tertiary/aromatic N) is 4. The lowest BCUT2D eigenvalue weighted by molar-refractivity contribution is -0.669. The molecule has 0 saturated carbocycles. The van der Waals surface area contributed by atoms with Crippen molar-refractivity contribution in [3.8, 4) is 0 Å². The topological polar surface area (TPSA) is 66.9 Å². The van der Waals surface area contributed by atoms with E-state index in [1.165, 1.54) is 10.1 Å². The van der Waals surface area contributed by atoms with Crippen LogP contribution in [0.25, 0.3) is 11.2 Å². The Balaban J connectivity index is 1.98. The molecule has 0 unspecified atom stereocenters. The largest absolute Gasteiger partial charge is 0.364 e. The molecule has 1 aromatic carbocycles. The van der Waals surface area contributed by atoms with Gasteiger partial charge in [-0.3, -0.25) is 13.9 Å². The third kappa shape index (κ3) is 2.85. The average molecular weight is 382 g/mol. The van der Waals surface area contributed by atoms with Crippen molar-refractivity contribution in [1.82, 2.24) is 14.1 Å². The Bertz CT molecular complexity index is 1150. The molecule has 1 aliphatic heterocycles. The van der Waals surface area contributed by atoms with Crippen LogP contribution in [0.15, 0.2) is 33.9 Å². The van der Waals surface area contributed by atoms with E-state index in [4.69, 9.17) is 0 Å². The summed E-state index contributed by atoms with van der Waals surface area (Å²) in [6, 6.07) is 8.35. The SMILES string of the molecule is CCCCn1c(=O)c2c([nH]c3[n+]2C[C@@H](C)CN3c2cccc(C)c2)n(C)c1=O. The smallest absolute Gasteiger partial charge is 0.267 e. The lowest BCUT2D eigenvalue weighted by Crippen LogP contribution is -2.52. The fourth-order valence-electron chi connectivity index (χ4n) is 4.11. The molecule has 1 aliphatic rings. The van der Waals surface area contributed by atoms with Crippen LogP contribution < -0.4 is 20.7 Å². The first-order valence-electron chi connectivity index (χ1n) is 10.0. The predicted molar refractivity (Wildman–Crippen MR) is 110 cm³/mol. The summed E-state index contributed by atoms with van der Waals surface area (Å²) >= 11 is 0. The maximum atomic E-state index is 13.2. The maximum absolute atomic E-state index is 13.2. The summed E-state index contributed by atoms with van der Waals surface area (Å²) < 4.78 is 5.00. The Morgan fingerprint density at radius 3 is 2.79 bits per heavy atom. The predicted octanol–water partition coefficient (Wildman–Crippen LogP) is 2.21. The van der Waals surface area contributed by atoms with Crippen molar-refractivity contribution in [3.63, 3.8) is 0 Å². The van der Waals surface area contributed by atoms with Crippen LogP contribution in [0, 0.1) is 12.8 Å². The fourth-order valence-corrected chi connectivity index (χ4v) is 4.11. The zero-order chi connectivity index (χ0) is 20.0. The minimum atomic E-state index is -0.264. The molecule has 2 aromatic heterocycles. The number of hydrogen-bond acceptors (Lipinski definition) is 3. The minimum absolute atomic E-state index is 0.202. The number of anilines is 2. The van der Waals surface area contributed by atoms with Gasteiger partial charge in [-0.05, 0) is 31.0 Å². The zero-order valence-electron chi connectivity index (χ0n) is 17.0. The van der Waals surface area contributed by atoms with Gasteiger partial charge >= 0.3 is 11.6 Å². The van der Waals surface area contributed by atoms with E-state index in [-0.39, 0.29) is 11.2 Å². The molecule has 7 nitrogen and oxygen atoms in total. The van der Waals surface area contributed by atoms with E-state index < -0.39 is 0 Å². The zero-order valence-corrected chi connectivity index (χ0v) is 17.0. The van der Waals surface area contributed by atoms with E-state index >= 15 is 0 Å². The highest BCUT2D eigenvalue weighted by atomic mass is 16.2. The summed E-state index contributed by atoms with van der Waals surface area (Å²) in [7, 11) is 1.73. The van der Waals surface area contributed by atoms with E-state index in [0.717, 1.165) is 37.6 Å². The van der Waals surface area contributed by atoms with Gasteiger partial charge in [0.15, 0.2) is 0 Å². The second-order valence-electron chi connectivity index (χ2n) is 7.96. The van der Waals surface area contributed by atoms with Crippen molar-refractivity contribution in [2.45, 2.75) is 46.7 Å². The van der Waals surface area contributed by atoms with Crippen LogP contribution in [0.1, 0.15) is 32.3 Å². The van der Waals surface area contributed by atoms with E-state index in [2.05, 4.69) is 53.4 Å². The average Bonchev–Trinajstić information content (AvgIpc) is 3.05. The van der Waals surface area contributed by atoms with Crippen LogP contribution >= 0.6 is 0 Å². The van der Waals surface area contributed by atoms with Crippen molar-refractivity contribution in [1.29, 1.82) is 0 Å². The Hall–Kier alpha value is -2.83. The molecule has 148 valence electrons. The molecule has 1 N–H and O–H groups in total. The second-order valence-corrected chi connectivity index (χ2v) is 7.96. The van der Waals surface area contributed by atoms with Crippen molar-refractivity contribution < 1.29 is 4.57 Å². The van der Waals surface area contributed by atoms with E-state index in [0.29, 0.717) is 23.6 Å². The van der Waals surface area contributed by atoms with E-state index in [1.54, 1.807) is 11.6 Å². The molecule has 0 fully saturated rings. The van der Waals surface area contributed by atoms with Crippen LogP contribution in [-0.4, -0.2) is 20.7 Å². The lowest BCUT2D eigenvalue weighted by atomic mass is 10.1. The van der Waals surface area contributed by atoms with E-state index in [1.807, 2.05) is 6.07 Å². The van der Waals surface area contributed by atoms with Crippen molar-refractivity contribution in [3.05, 3.63) is 50.7 Å². The third-order valence-electron chi connectivity index (χ3n) is 5.57. The molecule has 3 aromatic rings. The number of unbranched alkanes of at least 4 members (excludes halogenated alkanes) is 1. The number of aromatic nitrogens is 4. The Kier molecular flexibility index (Phi) is 4.61. The van der Waals surface area contributed by atoms with Gasteiger partial charge in [0.2, 0.25) is 11.2 Å². The van der Waals surface area contributed by atoms with Crippen molar-refractivity contribution in [2.75, 3.05) is 11.4 Å². The maximum Gasteiger partial charge on any atom is 0.364 e. The summed E-state index contributed by atoms with van der Waals surface area (Å²) in [6.45, 7) is 8.38. The second kappa shape index (κ2) is 6.96. The molecule has 0 saturated heterocycles. The quantitative estimate of drug-likeness (QED) is 0.704. The number of benzene rings is 1. The first-order valence-corrected chi connectivity index (χ1v) is 10.0. The molecule has 0 radical (unpaired) electrons. The number of aromatic amines is 1. The van der Waals surface area contributed by atoms with Crippen LogP contribution in [-0.2, 0) is 20.1 Å². The molecule has 4 rings (SSSR count). The fraction of sp³-hybridized carbons (Fsp3) is 0.476. The Morgan fingerprint density at radius 1 is 1.29 bits per heavy atom. The molecule has 0 bridgehead atoms. The molecule has 0 aliphatic carbocycles. The van der Waals surface area contributed by atoms with Gasteiger partial charge in [-0.15, -0.1) is 0 Å². The standard InChI is InChI=1S/C21H27N5O2/c1-5-6-10-24-19(27)17-18(23(4)21(24)28)22-20-25(12-15(3)13-26(17)20)16-9-7-8-14(2)11-16/h7-9,11,15H,5-6,10,12-13H2,1-4H3/p+1/t15-/m0/s1. The molecular weight excluding hydrogens is 354 g/mol. The van der Waals surface area contributed by atoms with Gasteiger partial charge in [0.05, 0.1) is 13.1 Å². The third-order valence-corrected chi connectivity index (χ3v) is 5.57. The highest BCUT2D eigenvalue weighted by molar-refractivity contribution is 5.70. The van der Waals surface area contributed by atoms with Gasteiger partial charge in [0.1, 0.15) is 5.69 Å².